The third kappa shape index (κ3) is 4.90. The van der Waals surface area contributed by atoms with Crippen molar-refractivity contribution in [3.8, 4) is 0 Å². The number of aromatic nitrogens is 1. The van der Waals surface area contributed by atoms with Gasteiger partial charge in [-0.1, -0.05) is 17.3 Å². The van der Waals surface area contributed by atoms with Crippen LogP contribution >= 0.6 is 0 Å². The first kappa shape index (κ1) is 22.0. The summed E-state index contributed by atoms with van der Waals surface area (Å²) >= 11 is 0. The number of nitrogens with one attached hydrogen (secondary N) is 1. The second kappa shape index (κ2) is 9.43. The fraction of sp³-hybridized carbons (Fsp3) is 0.522. The van der Waals surface area contributed by atoms with Gasteiger partial charge in [0.1, 0.15) is 5.76 Å². The minimum absolute atomic E-state index is 0.0280. The molecule has 30 heavy (non-hydrogen) atoms. The number of carbonyl (C=O) groups is 2. The van der Waals surface area contributed by atoms with Crippen molar-refractivity contribution in [3.05, 3.63) is 46.3 Å². The molecular formula is C23H31N3O4. The summed E-state index contributed by atoms with van der Waals surface area (Å²) in [5.41, 5.74) is 4.37. The molecule has 2 amide bonds. The number of nitrogens with zero attached hydrogens (tertiary/aromatic N) is 2. The summed E-state index contributed by atoms with van der Waals surface area (Å²) in [7, 11) is 0. The first-order valence-corrected chi connectivity index (χ1v) is 10.5. The Hall–Kier alpha value is -2.67. The van der Waals surface area contributed by atoms with Crippen molar-refractivity contribution in [2.24, 2.45) is 0 Å². The molecule has 2 heterocycles. The maximum atomic E-state index is 13.4. The van der Waals surface area contributed by atoms with Crippen molar-refractivity contribution in [3.63, 3.8) is 0 Å². The molecule has 2 atom stereocenters. The molecule has 2 unspecified atom stereocenters. The summed E-state index contributed by atoms with van der Waals surface area (Å²) in [5.74, 6) is -0.173. The molecular weight excluding hydrogens is 382 g/mol. The minimum Gasteiger partial charge on any atom is -0.376 e. The van der Waals surface area contributed by atoms with E-state index in [1.165, 1.54) is 0 Å². The predicted octanol–water partition coefficient (Wildman–Crippen LogP) is 3.66. The number of ether oxygens (including phenoxy) is 1. The van der Waals surface area contributed by atoms with Gasteiger partial charge in [0.15, 0.2) is 0 Å². The third-order valence-corrected chi connectivity index (χ3v) is 5.86. The van der Waals surface area contributed by atoms with Gasteiger partial charge in [-0.3, -0.25) is 9.59 Å². The van der Waals surface area contributed by atoms with Gasteiger partial charge in [0.2, 0.25) is 11.8 Å². The van der Waals surface area contributed by atoms with Crippen LogP contribution in [0.3, 0.4) is 0 Å². The van der Waals surface area contributed by atoms with Crippen molar-refractivity contribution in [2.75, 3.05) is 25.0 Å². The number of aryl methyl sites for hydroxylation is 3. The highest BCUT2D eigenvalue weighted by Gasteiger charge is 2.31. The van der Waals surface area contributed by atoms with Gasteiger partial charge in [0.05, 0.1) is 24.3 Å². The van der Waals surface area contributed by atoms with Crippen molar-refractivity contribution in [2.45, 2.75) is 59.5 Å². The van der Waals surface area contributed by atoms with Crippen LogP contribution in [0, 0.1) is 27.7 Å². The fourth-order valence-corrected chi connectivity index (χ4v) is 4.02. The number of hydrogen-bond donors (Lipinski definition) is 1. The molecule has 1 N–H and O–H groups in total. The summed E-state index contributed by atoms with van der Waals surface area (Å²) in [4.78, 5) is 27.8. The lowest BCUT2D eigenvalue weighted by molar-refractivity contribution is -0.137. The van der Waals surface area contributed by atoms with Crippen molar-refractivity contribution in [1.29, 1.82) is 0 Å². The highest BCUT2D eigenvalue weighted by atomic mass is 16.5. The number of amides is 2. The standard InChI is InChI=1S/C23H31N3O4/c1-14-8-6-10-20(15(14)2)24-21(27)13-26(12-19-9-7-11-29-19)23(28)16(3)22-17(4)25-30-18(22)5/h6,8,10,16,19H,7,9,11-13H2,1-5H3,(H,24,27). The van der Waals surface area contributed by atoms with E-state index in [-0.39, 0.29) is 24.5 Å². The largest absolute Gasteiger partial charge is 0.376 e. The van der Waals surface area contributed by atoms with Crippen LogP contribution in [0.2, 0.25) is 0 Å². The minimum atomic E-state index is -0.453. The van der Waals surface area contributed by atoms with Gasteiger partial charge < -0.3 is 19.5 Å². The molecule has 0 saturated carbocycles. The second-order valence-electron chi connectivity index (χ2n) is 8.11. The maximum Gasteiger partial charge on any atom is 0.244 e. The molecule has 0 aliphatic carbocycles. The number of anilines is 1. The van der Waals surface area contributed by atoms with Crippen LogP contribution in [-0.2, 0) is 14.3 Å². The lowest BCUT2D eigenvalue weighted by Gasteiger charge is -2.28. The first-order valence-electron chi connectivity index (χ1n) is 10.5. The first-order chi connectivity index (χ1) is 14.3. The number of carbonyl (C=O) groups excluding carboxylic acids is 2. The van der Waals surface area contributed by atoms with Crippen molar-refractivity contribution in [1.82, 2.24) is 10.1 Å². The molecule has 1 fully saturated rings. The van der Waals surface area contributed by atoms with E-state index in [9.17, 15) is 9.59 Å². The fourth-order valence-electron chi connectivity index (χ4n) is 4.02. The summed E-state index contributed by atoms with van der Waals surface area (Å²) in [5, 5.41) is 6.92. The molecule has 1 aliphatic heterocycles. The topological polar surface area (TPSA) is 84.7 Å². The Morgan fingerprint density at radius 3 is 2.67 bits per heavy atom. The Balaban J connectivity index is 1.76. The van der Waals surface area contributed by atoms with E-state index in [0.29, 0.717) is 24.6 Å². The van der Waals surface area contributed by atoms with Crippen LogP contribution < -0.4 is 5.32 Å². The zero-order valence-electron chi connectivity index (χ0n) is 18.4. The van der Waals surface area contributed by atoms with Gasteiger partial charge >= 0.3 is 0 Å². The van der Waals surface area contributed by atoms with Gasteiger partial charge in [0, 0.05) is 24.4 Å². The van der Waals surface area contributed by atoms with E-state index in [1.54, 1.807) is 11.8 Å². The van der Waals surface area contributed by atoms with Crippen LogP contribution in [0.25, 0.3) is 0 Å². The van der Waals surface area contributed by atoms with Crippen LogP contribution in [0.4, 0.5) is 5.69 Å². The van der Waals surface area contributed by atoms with Crippen LogP contribution in [-0.4, -0.2) is 47.7 Å². The van der Waals surface area contributed by atoms with Crippen molar-refractivity contribution >= 4 is 17.5 Å². The van der Waals surface area contributed by atoms with Crippen molar-refractivity contribution < 1.29 is 18.8 Å². The van der Waals surface area contributed by atoms with Crippen LogP contribution in [0.5, 0.6) is 0 Å². The van der Waals surface area contributed by atoms with Gasteiger partial charge in [-0.2, -0.15) is 0 Å². The lowest BCUT2D eigenvalue weighted by atomic mass is 9.97. The summed E-state index contributed by atoms with van der Waals surface area (Å²) in [6.45, 7) is 10.5. The summed E-state index contributed by atoms with van der Waals surface area (Å²) in [6, 6.07) is 5.79. The molecule has 1 saturated heterocycles. The Bertz CT molecular complexity index is 896. The smallest absolute Gasteiger partial charge is 0.244 e. The van der Waals surface area contributed by atoms with Gasteiger partial charge in [-0.05, 0) is 64.7 Å². The lowest BCUT2D eigenvalue weighted by Crippen LogP contribution is -2.44. The Morgan fingerprint density at radius 2 is 2.03 bits per heavy atom. The number of hydrogen-bond acceptors (Lipinski definition) is 5. The highest BCUT2D eigenvalue weighted by molar-refractivity contribution is 5.96. The normalized spacial score (nSPS) is 17.0. The van der Waals surface area contributed by atoms with E-state index in [0.717, 1.165) is 35.2 Å². The Morgan fingerprint density at radius 1 is 1.27 bits per heavy atom. The summed E-state index contributed by atoms with van der Waals surface area (Å²) < 4.78 is 11.0. The molecule has 3 rings (SSSR count). The molecule has 7 nitrogen and oxygen atoms in total. The Labute approximate surface area is 177 Å². The predicted molar refractivity (Wildman–Crippen MR) is 114 cm³/mol. The molecule has 162 valence electrons. The maximum absolute atomic E-state index is 13.4. The molecule has 0 bridgehead atoms. The van der Waals surface area contributed by atoms with Gasteiger partial charge in [-0.25, -0.2) is 0 Å². The molecule has 1 aromatic heterocycles. The van der Waals surface area contributed by atoms with E-state index < -0.39 is 5.92 Å². The average molecular weight is 414 g/mol. The highest BCUT2D eigenvalue weighted by Crippen LogP contribution is 2.26. The quantitative estimate of drug-likeness (QED) is 0.749. The van der Waals surface area contributed by atoms with Gasteiger partial charge in [-0.15, -0.1) is 0 Å². The Kier molecular flexibility index (Phi) is 6.92. The van der Waals surface area contributed by atoms with Crippen LogP contribution in [0.15, 0.2) is 22.7 Å². The van der Waals surface area contributed by atoms with E-state index in [2.05, 4.69) is 10.5 Å². The SMILES string of the molecule is Cc1cccc(NC(=O)CN(CC2CCCO2)C(=O)C(C)c2c(C)noc2C)c1C. The molecule has 0 radical (unpaired) electrons. The zero-order valence-corrected chi connectivity index (χ0v) is 18.4. The average Bonchev–Trinajstić information content (AvgIpc) is 3.33. The third-order valence-electron chi connectivity index (χ3n) is 5.86. The van der Waals surface area contributed by atoms with E-state index in [4.69, 9.17) is 9.26 Å². The molecule has 0 spiro atoms. The molecule has 7 heteroatoms. The van der Waals surface area contributed by atoms with Crippen LogP contribution in [0.1, 0.15) is 53.8 Å². The molecule has 1 aliphatic rings. The summed E-state index contributed by atoms with van der Waals surface area (Å²) in [6.07, 6.45) is 1.82. The van der Waals surface area contributed by atoms with Gasteiger partial charge in [0.25, 0.3) is 0 Å². The number of benzene rings is 1. The zero-order chi connectivity index (χ0) is 21.8. The molecule has 2 aromatic rings. The molecule has 1 aromatic carbocycles. The number of rotatable bonds is 7. The monoisotopic (exact) mass is 413 g/mol. The van der Waals surface area contributed by atoms with E-state index >= 15 is 0 Å². The second-order valence-corrected chi connectivity index (χ2v) is 8.11. The van der Waals surface area contributed by atoms with E-state index in [1.807, 2.05) is 45.9 Å².